The summed E-state index contributed by atoms with van der Waals surface area (Å²) in [4.78, 5) is 14.9. The average molecular weight is 365 g/mol. The zero-order valence-electron chi connectivity index (χ0n) is 14.9. The number of Topliss-reactive ketones (excluding diaryl/α,β-unsaturated/α-hetero) is 1. The van der Waals surface area contributed by atoms with Gasteiger partial charge in [-0.15, -0.1) is 0 Å². The summed E-state index contributed by atoms with van der Waals surface area (Å²) in [5.41, 5.74) is 1.43. The highest BCUT2D eigenvalue weighted by Crippen LogP contribution is 2.31. The van der Waals surface area contributed by atoms with E-state index >= 15 is 0 Å². The first-order chi connectivity index (χ1) is 12.2. The Morgan fingerprint density at radius 2 is 2.12 bits per heavy atom. The number of carbonyl (C=O) groups is 1. The molecule has 7 heteroatoms. The standard InChI is InChI=1S/C19H22F3N3O/c1-13-16(10-24(2)23-13)12-25-8-4-6-15(11-25)18(26)14-5-3-7-17(9-14)19(20,21)22/h3,5,7,9-10,15H,4,6,8,11-12H2,1-2H3/t15-/m0/s1. The Kier molecular flexibility index (Phi) is 5.18. The number of hydrogen-bond acceptors (Lipinski definition) is 3. The fraction of sp³-hybridized carbons (Fsp3) is 0.474. The second-order valence-electron chi connectivity index (χ2n) is 6.93. The quantitative estimate of drug-likeness (QED) is 0.773. The van der Waals surface area contributed by atoms with Crippen LogP contribution in [0.1, 0.15) is 40.0 Å². The van der Waals surface area contributed by atoms with Crippen LogP contribution < -0.4 is 0 Å². The minimum atomic E-state index is -4.44. The molecule has 0 aliphatic carbocycles. The third-order valence-corrected chi connectivity index (χ3v) is 4.86. The molecule has 1 fully saturated rings. The summed E-state index contributed by atoms with van der Waals surface area (Å²) in [5.74, 6) is -0.479. The van der Waals surface area contributed by atoms with Gasteiger partial charge in [-0.2, -0.15) is 18.3 Å². The zero-order valence-corrected chi connectivity index (χ0v) is 14.9. The molecule has 0 radical (unpaired) electrons. The van der Waals surface area contributed by atoms with Crippen LogP contribution in [-0.4, -0.2) is 33.6 Å². The van der Waals surface area contributed by atoms with Gasteiger partial charge in [-0.1, -0.05) is 12.1 Å². The summed E-state index contributed by atoms with van der Waals surface area (Å²) < 4.78 is 40.4. The van der Waals surface area contributed by atoms with Gasteiger partial charge >= 0.3 is 6.18 Å². The molecule has 0 saturated carbocycles. The van der Waals surface area contributed by atoms with E-state index in [0.717, 1.165) is 36.4 Å². The third-order valence-electron chi connectivity index (χ3n) is 4.86. The first kappa shape index (κ1) is 18.6. The number of ketones is 1. The van der Waals surface area contributed by atoms with E-state index in [4.69, 9.17) is 0 Å². The molecule has 1 atom stereocenters. The molecule has 140 valence electrons. The van der Waals surface area contributed by atoms with E-state index in [1.807, 2.05) is 20.2 Å². The largest absolute Gasteiger partial charge is 0.416 e. The van der Waals surface area contributed by atoms with E-state index in [1.165, 1.54) is 12.1 Å². The van der Waals surface area contributed by atoms with Crippen molar-refractivity contribution >= 4 is 5.78 Å². The molecule has 1 aromatic carbocycles. The lowest BCUT2D eigenvalue weighted by Gasteiger charge is -2.32. The molecular formula is C19H22F3N3O. The van der Waals surface area contributed by atoms with Crippen LogP contribution in [0.4, 0.5) is 13.2 Å². The molecule has 1 aromatic heterocycles. The number of nitrogens with zero attached hydrogens (tertiary/aromatic N) is 3. The molecule has 0 amide bonds. The van der Waals surface area contributed by atoms with Gasteiger partial charge in [0.1, 0.15) is 0 Å². The van der Waals surface area contributed by atoms with Crippen LogP contribution in [0.3, 0.4) is 0 Å². The molecule has 1 saturated heterocycles. The predicted molar refractivity (Wildman–Crippen MR) is 91.7 cm³/mol. The van der Waals surface area contributed by atoms with Crippen LogP contribution in [0.5, 0.6) is 0 Å². The number of aromatic nitrogens is 2. The van der Waals surface area contributed by atoms with E-state index < -0.39 is 11.7 Å². The van der Waals surface area contributed by atoms with Gasteiger partial charge in [0.15, 0.2) is 5.78 Å². The van der Waals surface area contributed by atoms with Crippen LogP contribution in [-0.2, 0) is 19.8 Å². The molecule has 26 heavy (non-hydrogen) atoms. The monoisotopic (exact) mass is 365 g/mol. The maximum Gasteiger partial charge on any atom is 0.416 e. The summed E-state index contributed by atoms with van der Waals surface area (Å²) in [7, 11) is 1.87. The minimum absolute atomic E-state index is 0.143. The van der Waals surface area contributed by atoms with Gasteiger partial charge in [-0.05, 0) is 38.4 Å². The Bertz CT molecular complexity index is 798. The Balaban J connectivity index is 1.71. The van der Waals surface area contributed by atoms with Crippen molar-refractivity contribution in [3.8, 4) is 0 Å². The molecule has 2 heterocycles. The Morgan fingerprint density at radius 3 is 2.77 bits per heavy atom. The Labute approximate surface area is 150 Å². The average Bonchev–Trinajstić information content (AvgIpc) is 2.91. The predicted octanol–water partition coefficient (Wildman–Crippen LogP) is 3.84. The van der Waals surface area contributed by atoms with Gasteiger partial charge in [0, 0.05) is 43.4 Å². The van der Waals surface area contributed by atoms with E-state index in [2.05, 4.69) is 10.00 Å². The second kappa shape index (κ2) is 7.23. The lowest BCUT2D eigenvalue weighted by atomic mass is 9.89. The summed E-state index contributed by atoms with van der Waals surface area (Å²) in [5, 5.41) is 4.33. The maximum atomic E-state index is 12.9. The van der Waals surface area contributed by atoms with Gasteiger partial charge in [-0.25, -0.2) is 0 Å². The van der Waals surface area contributed by atoms with Crippen LogP contribution in [0.25, 0.3) is 0 Å². The van der Waals surface area contributed by atoms with E-state index in [0.29, 0.717) is 19.5 Å². The van der Waals surface area contributed by atoms with E-state index in [1.54, 1.807) is 4.68 Å². The molecule has 0 bridgehead atoms. The van der Waals surface area contributed by atoms with Gasteiger partial charge in [0.25, 0.3) is 0 Å². The van der Waals surface area contributed by atoms with Crippen molar-refractivity contribution in [3.05, 3.63) is 52.8 Å². The number of hydrogen-bond donors (Lipinski definition) is 0. The normalized spacial score (nSPS) is 18.9. The number of benzene rings is 1. The number of aryl methyl sites for hydroxylation is 2. The lowest BCUT2D eigenvalue weighted by molar-refractivity contribution is -0.137. The summed E-state index contributed by atoms with van der Waals surface area (Å²) in [6.45, 7) is 4.08. The van der Waals surface area contributed by atoms with E-state index in [-0.39, 0.29) is 17.3 Å². The van der Waals surface area contributed by atoms with Crippen molar-refractivity contribution in [1.82, 2.24) is 14.7 Å². The fourth-order valence-corrected chi connectivity index (χ4v) is 3.54. The topological polar surface area (TPSA) is 38.1 Å². The van der Waals surface area contributed by atoms with Crippen molar-refractivity contribution in [3.63, 3.8) is 0 Å². The van der Waals surface area contributed by atoms with Crippen molar-refractivity contribution < 1.29 is 18.0 Å². The molecule has 1 aliphatic heterocycles. The Morgan fingerprint density at radius 1 is 1.35 bits per heavy atom. The molecular weight excluding hydrogens is 343 g/mol. The maximum absolute atomic E-state index is 12.9. The summed E-state index contributed by atoms with van der Waals surface area (Å²) in [6.07, 6.45) is -0.910. The highest BCUT2D eigenvalue weighted by atomic mass is 19.4. The number of carbonyl (C=O) groups excluding carboxylic acids is 1. The van der Waals surface area contributed by atoms with Crippen molar-refractivity contribution in [1.29, 1.82) is 0 Å². The fourth-order valence-electron chi connectivity index (χ4n) is 3.54. The number of likely N-dealkylation sites (tertiary alicyclic amines) is 1. The minimum Gasteiger partial charge on any atom is -0.298 e. The van der Waals surface area contributed by atoms with E-state index in [9.17, 15) is 18.0 Å². The number of alkyl halides is 3. The smallest absolute Gasteiger partial charge is 0.298 e. The lowest BCUT2D eigenvalue weighted by Crippen LogP contribution is -2.38. The molecule has 3 rings (SSSR count). The highest BCUT2D eigenvalue weighted by molar-refractivity contribution is 5.98. The first-order valence-electron chi connectivity index (χ1n) is 8.67. The van der Waals surface area contributed by atoms with Gasteiger partial charge in [0.05, 0.1) is 11.3 Å². The second-order valence-corrected chi connectivity index (χ2v) is 6.93. The number of halogens is 3. The molecule has 1 aliphatic rings. The molecule has 4 nitrogen and oxygen atoms in total. The molecule has 0 unspecified atom stereocenters. The van der Waals surface area contributed by atoms with Gasteiger partial charge < -0.3 is 0 Å². The Hall–Kier alpha value is -2.15. The van der Waals surface area contributed by atoms with Crippen LogP contribution >= 0.6 is 0 Å². The zero-order chi connectivity index (χ0) is 18.9. The molecule has 0 N–H and O–H groups in total. The van der Waals surface area contributed by atoms with Crippen molar-refractivity contribution in [2.24, 2.45) is 13.0 Å². The van der Waals surface area contributed by atoms with Crippen molar-refractivity contribution in [2.45, 2.75) is 32.5 Å². The number of rotatable bonds is 4. The molecule has 2 aromatic rings. The summed E-state index contributed by atoms with van der Waals surface area (Å²) >= 11 is 0. The third kappa shape index (κ3) is 4.15. The van der Waals surface area contributed by atoms with Crippen LogP contribution in [0, 0.1) is 12.8 Å². The SMILES string of the molecule is Cc1nn(C)cc1CN1CCC[C@H](C(=O)c2cccc(C(F)(F)F)c2)C1. The van der Waals surface area contributed by atoms with Gasteiger partial charge in [-0.3, -0.25) is 14.4 Å². The van der Waals surface area contributed by atoms with Gasteiger partial charge in [0.2, 0.25) is 0 Å². The summed E-state index contributed by atoms with van der Waals surface area (Å²) in [6, 6.07) is 4.74. The first-order valence-corrected chi connectivity index (χ1v) is 8.67. The highest BCUT2D eigenvalue weighted by Gasteiger charge is 2.32. The van der Waals surface area contributed by atoms with Crippen LogP contribution in [0.2, 0.25) is 0 Å². The van der Waals surface area contributed by atoms with Crippen molar-refractivity contribution in [2.75, 3.05) is 13.1 Å². The number of piperidine rings is 1. The van der Waals surface area contributed by atoms with Crippen LogP contribution in [0.15, 0.2) is 30.5 Å². The molecule has 0 spiro atoms.